The zero-order valence-electron chi connectivity index (χ0n) is 10.3. The van der Waals surface area contributed by atoms with Crippen LogP contribution in [0.1, 0.15) is 32.4 Å². The molecule has 1 aromatic heterocycles. The van der Waals surface area contributed by atoms with Crippen LogP contribution in [0.5, 0.6) is 0 Å². The molecule has 0 bridgehead atoms. The first-order chi connectivity index (χ1) is 7.63. The topological polar surface area (TPSA) is 41.1 Å². The second-order valence-corrected chi connectivity index (χ2v) is 4.96. The van der Waals surface area contributed by atoms with Crippen LogP contribution in [0.25, 0.3) is 0 Å². The lowest BCUT2D eigenvalue weighted by Gasteiger charge is -2.32. The first-order valence-corrected chi connectivity index (χ1v) is 5.87. The van der Waals surface area contributed by atoms with Crippen molar-refractivity contribution >= 4 is 5.82 Å². The Labute approximate surface area is 97.1 Å². The maximum Gasteiger partial charge on any atom is 0.147 e. The highest BCUT2D eigenvalue weighted by Crippen LogP contribution is 2.31. The van der Waals surface area contributed by atoms with Crippen LogP contribution >= 0.6 is 0 Å². The first-order valence-electron chi connectivity index (χ1n) is 5.87. The molecule has 2 heterocycles. The SMILES string of the molecule is CNCc1cnc(N2CCCC2(C)C)cn1. The van der Waals surface area contributed by atoms with Crippen molar-refractivity contribution in [1.29, 1.82) is 0 Å². The van der Waals surface area contributed by atoms with Crippen molar-refractivity contribution in [1.82, 2.24) is 15.3 Å². The van der Waals surface area contributed by atoms with Gasteiger partial charge in [0.25, 0.3) is 0 Å². The Bertz CT molecular complexity index is 345. The molecule has 1 aliphatic rings. The molecule has 1 N–H and O–H groups in total. The molecule has 1 aliphatic heterocycles. The van der Waals surface area contributed by atoms with E-state index in [1.165, 1.54) is 12.8 Å². The quantitative estimate of drug-likeness (QED) is 0.839. The van der Waals surface area contributed by atoms with E-state index < -0.39 is 0 Å². The number of aromatic nitrogens is 2. The summed E-state index contributed by atoms with van der Waals surface area (Å²) in [5.74, 6) is 1.00. The van der Waals surface area contributed by atoms with Crippen molar-refractivity contribution in [3.8, 4) is 0 Å². The lowest BCUT2D eigenvalue weighted by molar-refractivity contribution is 0.513. The third-order valence-corrected chi connectivity index (χ3v) is 3.23. The van der Waals surface area contributed by atoms with E-state index in [0.717, 1.165) is 24.6 Å². The van der Waals surface area contributed by atoms with Crippen molar-refractivity contribution in [2.75, 3.05) is 18.5 Å². The predicted octanol–water partition coefficient (Wildman–Crippen LogP) is 1.57. The van der Waals surface area contributed by atoms with Gasteiger partial charge in [-0.25, -0.2) is 4.98 Å². The Kier molecular flexibility index (Phi) is 3.10. The maximum atomic E-state index is 4.50. The van der Waals surface area contributed by atoms with E-state index in [1.807, 2.05) is 19.4 Å². The van der Waals surface area contributed by atoms with Crippen LogP contribution in [0.3, 0.4) is 0 Å². The summed E-state index contributed by atoms with van der Waals surface area (Å²) in [7, 11) is 1.92. The summed E-state index contributed by atoms with van der Waals surface area (Å²) >= 11 is 0. The van der Waals surface area contributed by atoms with Gasteiger partial charge in [-0.05, 0) is 33.7 Å². The minimum absolute atomic E-state index is 0.221. The summed E-state index contributed by atoms with van der Waals surface area (Å²) in [6.45, 7) is 6.40. The Morgan fingerprint density at radius 2 is 2.19 bits per heavy atom. The third kappa shape index (κ3) is 2.16. The van der Waals surface area contributed by atoms with Gasteiger partial charge in [-0.3, -0.25) is 4.98 Å². The van der Waals surface area contributed by atoms with E-state index in [1.54, 1.807) is 0 Å². The van der Waals surface area contributed by atoms with Crippen molar-refractivity contribution in [3.05, 3.63) is 18.1 Å². The molecule has 1 aromatic rings. The summed E-state index contributed by atoms with van der Waals surface area (Å²) in [6.07, 6.45) is 6.22. The van der Waals surface area contributed by atoms with Gasteiger partial charge < -0.3 is 10.2 Å². The van der Waals surface area contributed by atoms with Crippen molar-refractivity contribution in [2.24, 2.45) is 0 Å². The van der Waals surface area contributed by atoms with Gasteiger partial charge in [-0.1, -0.05) is 0 Å². The van der Waals surface area contributed by atoms with Crippen LogP contribution < -0.4 is 10.2 Å². The fraction of sp³-hybridized carbons (Fsp3) is 0.667. The van der Waals surface area contributed by atoms with E-state index in [2.05, 4.69) is 34.0 Å². The highest BCUT2D eigenvalue weighted by Gasteiger charge is 2.32. The normalized spacial score (nSPS) is 19.1. The average Bonchev–Trinajstić information content (AvgIpc) is 2.60. The molecule has 2 rings (SSSR count). The van der Waals surface area contributed by atoms with E-state index in [0.29, 0.717) is 0 Å². The summed E-state index contributed by atoms with van der Waals surface area (Å²) in [6, 6.07) is 0. The van der Waals surface area contributed by atoms with Crippen LogP contribution in [-0.2, 0) is 6.54 Å². The molecule has 0 aromatic carbocycles. The minimum Gasteiger partial charge on any atom is -0.350 e. The lowest BCUT2D eigenvalue weighted by atomic mass is 10.0. The summed E-state index contributed by atoms with van der Waals surface area (Å²) in [4.78, 5) is 11.3. The molecule has 0 amide bonds. The van der Waals surface area contributed by atoms with Crippen LogP contribution in [0.4, 0.5) is 5.82 Å². The van der Waals surface area contributed by atoms with Crippen molar-refractivity contribution in [2.45, 2.75) is 38.8 Å². The molecule has 1 saturated heterocycles. The average molecular weight is 220 g/mol. The van der Waals surface area contributed by atoms with Crippen LogP contribution in [0, 0.1) is 0 Å². The van der Waals surface area contributed by atoms with E-state index >= 15 is 0 Å². The molecule has 88 valence electrons. The van der Waals surface area contributed by atoms with Gasteiger partial charge in [0.05, 0.1) is 18.1 Å². The molecule has 4 heteroatoms. The predicted molar refractivity (Wildman–Crippen MR) is 65.5 cm³/mol. The molecular weight excluding hydrogens is 200 g/mol. The number of hydrogen-bond acceptors (Lipinski definition) is 4. The second kappa shape index (κ2) is 4.37. The third-order valence-electron chi connectivity index (χ3n) is 3.23. The Morgan fingerprint density at radius 1 is 1.38 bits per heavy atom. The smallest absolute Gasteiger partial charge is 0.147 e. The highest BCUT2D eigenvalue weighted by atomic mass is 15.3. The highest BCUT2D eigenvalue weighted by molar-refractivity contribution is 5.41. The fourth-order valence-corrected chi connectivity index (χ4v) is 2.29. The van der Waals surface area contributed by atoms with Crippen LogP contribution in [0.2, 0.25) is 0 Å². The zero-order valence-corrected chi connectivity index (χ0v) is 10.3. The molecule has 0 saturated carbocycles. The van der Waals surface area contributed by atoms with E-state index in [-0.39, 0.29) is 5.54 Å². The van der Waals surface area contributed by atoms with Gasteiger partial charge in [0.15, 0.2) is 0 Å². The Hall–Kier alpha value is -1.16. The maximum absolute atomic E-state index is 4.50. The van der Waals surface area contributed by atoms with Crippen LogP contribution in [-0.4, -0.2) is 29.1 Å². The summed E-state index contributed by atoms with van der Waals surface area (Å²) in [5, 5.41) is 3.07. The van der Waals surface area contributed by atoms with Crippen LogP contribution in [0.15, 0.2) is 12.4 Å². The van der Waals surface area contributed by atoms with Gasteiger partial charge in [0.2, 0.25) is 0 Å². The number of rotatable bonds is 3. The van der Waals surface area contributed by atoms with Gasteiger partial charge >= 0.3 is 0 Å². The van der Waals surface area contributed by atoms with Gasteiger partial charge in [0, 0.05) is 18.6 Å². The standard InChI is InChI=1S/C12H20N4/c1-12(2)5-4-6-16(12)11-9-14-10(7-13-3)8-15-11/h8-9,13H,4-7H2,1-3H3. The molecule has 1 fully saturated rings. The Balaban J connectivity index is 2.15. The summed E-state index contributed by atoms with van der Waals surface area (Å²) in [5.41, 5.74) is 1.21. The molecular formula is C12H20N4. The number of nitrogens with one attached hydrogen (secondary N) is 1. The number of nitrogens with zero attached hydrogens (tertiary/aromatic N) is 3. The molecule has 0 radical (unpaired) electrons. The van der Waals surface area contributed by atoms with Gasteiger partial charge in [0.1, 0.15) is 5.82 Å². The van der Waals surface area contributed by atoms with Gasteiger partial charge in [-0.15, -0.1) is 0 Å². The summed E-state index contributed by atoms with van der Waals surface area (Å²) < 4.78 is 0. The van der Waals surface area contributed by atoms with Crippen molar-refractivity contribution in [3.63, 3.8) is 0 Å². The monoisotopic (exact) mass is 220 g/mol. The number of anilines is 1. The minimum atomic E-state index is 0.221. The first kappa shape index (κ1) is 11.3. The molecule has 0 spiro atoms. The zero-order chi connectivity index (χ0) is 11.6. The van der Waals surface area contributed by atoms with E-state index in [9.17, 15) is 0 Å². The number of hydrogen-bond donors (Lipinski definition) is 1. The van der Waals surface area contributed by atoms with Crippen molar-refractivity contribution < 1.29 is 0 Å². The molecule has 16 heavy (non-hydrogen) atoms. The molecule has 4 nitrogen and oxygen atoms in total. The Morgan fingerprint density at radius 3 is 2.69 bits per heavy atom. The molecule has 0 atom stereocenters. The molecule has 0 unspecified atom stereocenters. The molecule has 0 aliphatic carbocycles. The van der Waals surface area contributed by atoms with Gasteiger partial charge in [-0.2, -0.15) is 0 Å². The lowest BCUT2D eigenvalue weighted by Crippen LogP contribution is -2.38. The van der Waals surface area contributed by atoms with E-state index in [4.69, 9.17) is 0 Å². The second-order valence-electron chi connectivity index (χ2n) is 4.96. The fourth-order valence-electron chi connectivity index (χ4n) is 2.29. The largest absolute Gasteiger partial charge is 0.350 e.